The van der Waals surface area contributed by atoms with Crippen LogP contribution in [0.4, 0.5) is 4.39 Å². The molecule has 2 aromatic rings. The monoisotopic (exact) mass is 319 g/mol. The van der Waals surface area contributed by atoms with Crippen LogP contribution in [0.2, 0.25) is 0 Å². The van der Waals surface area contributed by atoms with Gasteiger partial charge in [-0.3, -0.25) is 4.79 Å². The topological polar surface area (TPSA) is 67.5 Å². The lowest BCUT2D eigenvalue weighted by Crippen LogP contribution is -2.44. The lowest BCUT2D eigenvalue weighted by Gasteiger charge is -2.32. The van der Waals surface area contributed by atoms with E-state index in [1.807, 2.05) is 6.92 Å². The van der Waals surface area contributed by atoms with E-state index < -0.39 is 5.82 Å². The van der Waals surface area contributed by atoms with E-state index in [1.54, 1.807) is 23.2 Å². The predicted octanol–water partition coefficient (Wildman–Crippen LogP) is 1.84. The van der Waals surface area contributed by atoms with E-state index in [0.717, 1.165) is 5.69 Å². The second-order valence-electron chi connectivity index (χ2n) is 5.40. The molecule has 23 heavy (non-hydrogen) atoms. The van der Waals surface area contributed by atoms with Crippen LogP contribution in [-0.2, 0) is 9.53 Å². The maximum absolute atomic E-state index is 13.1. The number of halogens is 1. The fourth-order valence-corrected chi connectivity index (χ4v) is 2.43. The fourth-order valence-electron chi connectivity index (χ4n) is 2.43. The van der Waals surface area contributed by atoms with Crippen LogP contribution in [0.5, 0.6) is 5.75 Å². The van der Waals surface area contributed by atoms with Gasteiger partial charge in [-0.1, -0.05) is 6.07 Å². The molecule has 1 aromatic carbocycles. The van der Waals surface area contributed by atoms with E-state index in [2.05, 4.69) is 9.97 Å². The summed E-state index contributed by atoms with van der Waals surface area (Å²) in [7, 11) is 0. The Hall–Kier alpha value is -2.41. The van der Waals surface area contributed by atoms with Crippen LogP contribution in [0.15, 0.2) is 30.5 Å². The van der Waals surface area contributed by atoms with Crippen molar-refractivity contribution >= 4 is 5.91 Å². The third-order valence-corrected chi connectivity index (χ3v) is 3.61. The van der Waals surface area contributed by atoms with Crippen molar-refractivity contribution in [2.75, 3.05) is 26.3 Å². The van der Waals surface area contributed by atoms with Crippen LogP contribution in [0.1, 0.15) is 17.6 Å². The maximum atomic E-state index is 13.1. The van der Waals surface area contributed by atoms with Gasteiger partial charge in [-0.05, 0) is 19.1 Å². The van der Waals surface area contributed by atoms with Crippen molar-refractivity contribution in [3.63, 3.8) is 0 Å². The van der Waals surface area contributed by atoms with Crippen molar-refractivity contribution in [3.05, 3.63) is 47.8 Å². The molecule has 0 unspecified atom stereocenters. The van der Waals surface area contributed by atoms with Crippen LogP contribution in [0.25, 0.3) is 0 Å². The Bertz CT molecular complexity index is 689. The van der Waals surface area contributed by atoms with Gasteiger partial charge in [0.1, 0.15) is 23.5 Å². The zero-order valence-corrected chi connectivity index (χ0v) is 12.8. The Balaban J connectivity index is 1.56. The Morgan fingerprint density at radius 1 is 1.57 bits per heavy atom. The zero-order chi connectivity index (χ0) is 16.2. The summed E-state index contributed by atoms with van der Waals surface area (Å²) in [5.74, 6) is 0.497. The number of carbonyl (C=O) groups excluding carboxylic acids is 1. The number of benzene rings is 1. The number of morpholine rings is 1. The van der Waals surface area contributed by atoms with Crippen molar-refractivity contribution < 1.29 is 18.7 Å². The number of nitrogens with zero attached hydrogens (tertiary/aromatic N) is 2. The minimum Gasteiger partial charge on any atom is -0.484 e. The summed E-state index contributed by atoms with van der Waals surface area (Å²) >= 11 is 0. The number of amides is 1. The molecule has 0 saturated carbocycles. The average molecular weight is 319 g/mol. The van der Waals surface area contributed by atoms with Crippen molar-refractivity contribution in [2.24, 2.45) is 0 Å². The molecule has 1 saturated heterocycles. The summed E-state index contributed by atoms with van der Waals surface area (Å²) in [5, 5.41) is 0. The maximum Gasteiger partial charge on any atom is 0.260 e. The summed E-state index contributed by atoms with van der Waals surface area (Å²) in [6, 6.07) is 5.73. The molecular weight excluding hydrogens is 301 g/mol. The lowest BCUT2D eigenvalue weighted by atomic mass is 10.2. The molecule has 0 radical (unpaired) electrons. The van der Waals surface area contributed by atoms with Gasteiger partial charge in [0.25, 0.3) is 5.91 Å². The number of hydrogen-bond donors (Lipinski definition) is 1. The summed E-state index contributed by atoms with van der Waals surface area (Å²) in [5.41, 5.74) is 0.946. The van der Waals surface area contributed by atoms with Gasteiger partial charge < -0.3 is 19.4 Å². The van der Waals surface area contributed by atoms with Gasteiger partial charge in [-0.15, -0.1) is 0 Å². The lowest BCUT2D eigenvalue weighted by molar-refractivity contribution is -0.141. The summed E-state index contributed by atoms with van der Waals surface area (Å²) in [4.78, 5) is 21.3. The van der Waals surface area contributed by atoms with Crippen molar-refractivity contribution in [1.29, 1.82) is 0 Å². The number of rotatable bonds is 4. The molecule has 1 amide bonds. The molecule has 7 heteroatoms. The number of ether oxygens (including phenoxy) is 2. The third kappa shape index (κ3) is 3.87. The normalized spacial score (nSPS) is 18.0. The Morgan fingerprint density at radius 2 is 2.43 bits per heavy atom. The van der Waals surface area contributed by atoms with E-state index in [9.17, 15) is 9.18 Å². The number of hydrogen-bond acceptors (Lipinski definition) is 4. The molecule has 1 aliphatic heterocycles. The number of aromatic amines is 1. The van der Waals surface area contributed by atoms with Crippen LogP contribution < -0.4 is 4.74 Å². The van der Waals surface area contributed by atoms with Gasteiger partial charge in [-0.2, -0.15) is 0 Å². The second kappa shape index (κ2) is 6.78. The van der Waals surface area contributed by atoms with E-state index in [1.165, 1.54) is 12.1 Å². The van der Waals surface area contributed by atoms with Crippen LogP contribution in [0, 0.1) is 12.7 Å². The van der Waals surface area contributed by atoms with Gasteiger partial charge in [0.05, 0.1) is 13.2 Å². The van der Waals surface area contributed by atoms with Gasteiger partial charge in [-0.25, -0.2) is 9.37 Å². The molecule has 0 bridgehead atoms. The Kier molecular flexibility index (Phi) is 4.57. The first-order valence-electron chi connectivity index (χ1n) is 7.41. The summed E-state index contributed by atoms with van der Waals surface area (Å²) in [6.07, 6.45) is 1.46. The van der Waals surface area contributed by atoms with Gasteiger partial charge in [0.15, 0.2) is 6.61 Å². The Labute approximate surface area is 133 Å². The van der Waals surface area contributed by atoms with Gasteiger partial charge in [0.2, 0.25) is 0 Å². The largest absolute Gasteiger partial charge is 0.484 e. The minimum absolute atomic E-state index is 0.132. The highest BCUT2D eigenvalue weighted by atomic mass is 19.1. The molecule has 122 valence electrons. The third-order valence-electron chi connectivity index (χ3n) is 3.61. The van der Waals surface area contributed by atoms with Gasteiger partial charge in [0, 0.05) is 24.5 Å². The van der Waals surface area contributed by atoms with Crippen LogP contribution >= 0.6 is 0 Å². The Morgan fingerprint density at radius 3 is 3.17 bits per heavy atom. The second-order valence-corrected chi connectivity index (χ2v) is 5.40. The quantitative estimate of drug-likeness (QED) is 0.934. The number of aryl methyl sites for hydroxylation is 1. The molecule has 3 rings (SSSR count). The molecule has 1 aromatic heterocycles. The highest BCUT2D eigenvalue weighted by Gasteiger charge is 2.27. The molecular formula is C16H18FN3O3. The van der Waals surface area contributed by atoms with Crippen LogP contribution in [0.3, 0.4) is 0 Å². The summed E-state index contributed by atoms with van der Waals surface area (Å²) in [6.45, 7) is 3.14. The number of H-pyrrole nitrogens is 1. The van der Waals surface area contributed by atoms with Crippen LogP contribution in [-0.4, -0.2) is 47.1 Å². The molecule has 2 heterocycles. The molecule has 1 atom stereocenters. The van der Waals surface area contributed by atoms with E-state index in [-0.39, 0.29) is 18.6 Å². The number of carbonyl (C=O) groups is 1. The molecule has 6 nitrogen and oxygen atoms in total. The molecule has 0 spiro atoms. The SMILES string of the molecule is Cc1cnc([C@H]2CN(C(=O)COc3cccc(F)c3)CCO2)[nH]1. The first-order chi connectivity index (χ1) is 11.1. The standard InChI is InChI=1S/C16H18FN3O3/c1-11-8-18-16(19-11)14-9-20(5-6-22-14)15(21)10-23-13-4-2-3-12(17)7-13/h2-4,7-8,14H,5-6,9-10H2,1H3,(H,18,19)/t14-/m1/s1. The number of aromatic nitrogens is 2. The summed E-state index contributed by atoms with van der Waals surface area (Å²) < 4.78 is 24.1. The smallest absolute Gasteiger partial charge is 0.260 e. The highest BCUT2D eigenvalue weighted by Crippen LogP contribution is 2.20. The van der Waals surface area contributed by atoms with E-state index in [4.69, 9.17) is 9.47 Å². The first-order valence-corrected chi connectivity index (χ1v) is 7.41. The highest BCUT2D eigenvalue weighted by molar-refractivity contribution is 5.77. The van der Waals surface area contributed by atoms with Crippen molar-refractivity contribution in [2.45, 2.75) is 13.0 Å². The molecule has 1 aliphatic rings. The predicted molar refractivity (Wildman–Crippen MR) is 80.5 cm³/mol. The number of nitrogens with one attached hydrogen (secondary N) is 1. The zero-order valence-electron chi connectivity index (χ0n) is 12.8. The van der Waals surface area contributed by atoms with Crippen molar-refractivity contribution in [1.82, 2.24) is 14.9 Å². The fraction of sp³-hybridized carbons (Fsp3) is 0.375. The molecule has 0 aliphatic carbocycles. The molecule has 1 N–H and O–H groups in total. The van der Waals surface area contributed by atoms with E-state index >= 15 is 0 Å². The van der Waals surface area contributed by atoms with Crippen molar-refractivity contribution in [3.8, 4) is 5.75 Å². The molecule has 1 fully saturated rings. The van der Waals surface area contributed by atoms with E-state index in [0.29, 0.717) is 31.3 Å². The first kappa shape index (κ1) is 15.5. The average Bonchev–Trinajstić information content (AvgIpc) is 2.99. The van der Waals surface area contributed by atoms with Gasteiger partial charge >= 0.3 is 0 Å². The number of imidazole rings is 1. The minimum atomic E-state index is -0.394.